The van der Waals surface area contributed by atoms with E-state index in [9.17, 15) is 9.59 Å². The van der Waals surface area contributed by atoms with Gasteiger partial charge in [0.1, 0.15) is 5.82 Å². The lowest BCUT2D eigenvalue weighted by molar-refractivity contribution is -0.133. The van der Waals surface area contributed by atoms with Crippen molar-refractivity contribution in [3.63, 3.8) is 0 Å². The van der Waals surface area contributed by atoms with Gasteiger partial charge in [0, 0.05) is 35.9 Å². The Morgan fingerprint density at radius 1 is 1.19 bits per heavy atom. The van der Waals surface area contributed by atoms with Gasteiger partial charge in [-0.25, -0.2) is 4.98 Å². The van der Waals surface area contributed by atoms with E-state index in [4.69, 9.17) is 11.6 Å². The Kier molecular flexibility index (Phi) is 5.57. The number of imide groups is 1. The molecule has 2 N–H and O–H groups in total. The molecule has 3 aromatic rings. The number of nitrogens with one attached hydrogen (secondary N) is 2. The van der Waals surface area contributed by atoms with Crippen LogP contribution in [-0.4, -0.2) is 34.5 Å². The number of fused-ring (bicyclic) bond motifs is 3. The molecule has 1 fully saturated rings. The molecule has 2 aliphatic rings. The molecule has 2 aliphatic heterocycles. The predicted octanol–water partition coefficient (Wildman–Crippen LogP) is 3.73. The maximum absolute atomic E-state index is 12.8. The van der Waals surface area contributed by atoms with E-state index in [2.05, 4.69) is 32.3 Å². The third-order valence-corrected chi connectivity index (χ3v) is 6.88. The molecule has 7 heteroatoms. The fourth-order valence-corrected chi connectivity index (χ4v) is 5.20. The summed E-state index contributed by atoms with van der Waals surface area (Å²) in [7, 11) is 0. The summed E-state index contributed by atoms with van der Waals surface area (Å²) in [6.45, 7) is 1.55. The molecule has 2 atom stereocenters. The molecule has 164 valence electrons. The van der Waals surface area contributed by atoms with Crippen LogP contribution in [0.5, 0.6) is 0 Å². The number of amides is 2. The van der Waals surface area contributed by atoms with Crippen molar-refractivity contribution in [1.82, 2.24) is 20.2 Å². The molecule has 2 aromatic carbocycles. The Hall–Kier alpha value is -2.96. The van der Waals surface area contributed by atoms with Crippen LogP contribution < -0.4 is 10.6 Å². The Balaban J connectivity index is 1.46. The summed E-state index contributed by atoms with van der Waals surface area (Å²) in [6, 6.07) is 15.9. The van der Waals surface area contributed by atoms with Gasteiger partial charge < -0.3 is 9.88 Å². The lowest BCUT2D eigenvalue weighted by Crippen LogP contribution is -2.43. The summed E-state index contributed by atoms with van der Waals surface area (Å²) in [5, 5.41) is 6.51. The molecular formula is C25H25ClN4O2. The number of piperidine rings is 1. The molecule has 0 saturated carbocycles. The summed E-state index contributed by atoms with van der Waals surface area (Å²) in [6.07, 6.45) is 6.21. The van der Waals surface area contributed by atoms with Crippen molar-refractivity contribution in [3.8, 4) is 11.4 Å². The molecule has 1 aromatic heterocycles. The van der Waals surface area contributed by atoms with E-state index >= 15 is 0 Å². The maximum Gasteiger partial charge on any atom is 0.230 e. The van der Waals surface area contributed by atoms with E-state index in [-0.39, 0.29) is 24.2 Å². The Morgan fingerprint density at radius 3 is 2.78 bits per heavy atom. The monoisotopic (exact) mass is 448 g/mol. The number of hydrogen-bond acceptors (Lipinski definition) is 4. The van der Waals surface area contributed by atoms with Crippen molar-refractivity contribution in [2.45, 2.75) is 31.2 Å². The van der Waals surface area contributed by atoms with E-state index in [1.54, 1.807) is 6.20 Å². The van der Waals surface area contributed by atoms with Gasteiger partial charge in [-0.15, -0.1) is 0 Å². The molecular weight excluding hydrogens is 424 g/mol. The van der Waals surface area contributed by atoms with Crippen molar-refractivity contribution >= 4 is 23.4 Å². The highest BCUT2D eigenvalue weighted by Gasteiger charge is 2.44. The first-order chi connectivity index (χ1) is 15.6. The second-order valence-electron chi connectivity index (χ2n) is 8.49. The van der Waals surface area contributed by atoms with Gasteiger partial charge in [0.05, 0.1) is 11.5 Å². The molecule has 32 heavy (non-hydrogen) atoms. The molecule has 0 bridgehead atoms. The van der Waals surface area contributed by atoms with Crippen LogP contribution in [0.3, 0.4) is 0 Å². The number of aromatic nitrogens is 2. The topological polar surface area (TPSA) is 76.0 Å². The number of halogens is 1. The van der Waals surface area contributed by atoms with Crippen LogP contribution in [0.25, 0.3) is 11.4 Å². The molecule has 0 radical (unpaired) electrons. The SMILES string of the molecule is O=C(CCC1(c2ccc(Cl)cc2)c2ccccc2-c2nccn21)NC(=O)C1CCCNC1. The average molecular weight is 449 g/mol. The number of nitrogens with zero attached hydrogens (tertiary/aromatic N) is 2. The highest BCUT2D eigenvalue weighted by Crippen LogP contribution is 2.49. The highest BCUT2D eigenvalue weighted by atomic mass is 35.5. The first-order valence-corrected chi connectivity index (χ1v) is 11.4. The van der Waals surface area contributed by atoms with Gasteiger partial charge in [-0.05, 0) is 49.1 Å². The van der Waals surface area contributed by atoms with Gasteiger partial charge in [0.25, 0.3) is 0 Å². The first-order valence-electron chi connectivity index (χ1n) is 11.0. The second-order valence-corrected chi connectivity index (χ2v) is 8.93. The van der Waals surface area contributed by atoms with E-state index in [0.29, 0.717) is 18.0 Å². The molecule has 2 unspecified atom stereocenters. The van der Waals surface area contributed by atoms with E-state index in [1.807, 2.05) is 42.6 Å². The fourth-order valence-electron chi connectivity index (χ4n) is 5.07. The predicted molar refractivity (Wildman–Crippen MR) is 123 cm³/mol. The van der Waals surface area contributed by atoms with Crippen molar-refractivity contribution in [2.75, 3.05) is 13.1 Å². The van der Waals surface area contributed by atoms with Crippen LogP contribution in [0.4, 0.5) is 0 Å². The number of imidazole rings is 1. The lowest BCUT2D eigenvalue weighted by Gasteiger charge is -2.33. The second kappa shape index (κ2) is 8.52. The zero-order valence-electron chi connectivity index (χ0n) is 17.7. The van der Waals surface area contributed by atoms with Gasteiger partial charge >= 0.3 is 0 Å². The summed E-state index contributed by atoms with van der Waals surface area (Å²) < 4.78 is 2.14. The summed E-state index contributed by atoms with van der Waals surface area (Å²) in [5.41, 5.74) is 2.58. The van der Waals surface area contributed by atoms with Crippen molar-refractivity contribution < 1.29 is 9.59 Å². The lowest BCUT2D eigenvalue weighted by atomic mass is 9.79. The fraction of sp³-hybridized carbons (Fsp3) is 0.320. The normalized spacial score (nSPS) is 21.6. The van der Waals surface area contributed by atoms with Gasteiger partial charge in [0.2, 0.25) is 11.8 Å². The number of benzene rings is 2. The van der Waals surface area contributed by atoms with Gasteiger partial charge in [0.15, 0.2) is 0 Å². The zero-order valence-corrected chi connectivity index (χ0v) is 18.4. The molecule has 0 spiro atoms. The summed E-state index contributed by atoms with van der Waals surface area (Å²) in [4.78, 5) is 30.0. The number of carbonyl (C=O) groups excluding carboxylic acids is 2. The molecule has 2 amide bonds. The Morgan fingerprint density at radius 2 is 2.00 bits per heavy atom. The molecule has 1 saturated heterocycles. The molecule has 0 aliphatic carbocycles. The molecule has 5 rings (SSSR count). The minimum atomic E-state index is -0.597. The van der Waals surface area contributed by atoms with E-state index < -0.39 is 5.54 Å². The van der Waals surface area contributed by atoms with Crippen molar-refractivity contribution in [3.05, 3.63) is 77.1 Å². The van der Waals surface area contributed by atoms with E-state index in [1.165, 1.54) is 0 Å². The van der Waals surface area contributed by atoms with Crippen molar-refractivity contribution in [2.24, 2.45) is 5.92 Å². The van der Waals surface area contributed by atoms with Gasteiger partial charge in [-0.1, -0.05) is 48.0 Å². The van der Waals surface area contributed by atoms with Crippen LogP contribution >= 0.6 is 11.6 Å². The minimum absolute atomic E-state index is 0.148. The minimum Gasteiger partial charge on any atom is -0.317 e. The average Bonchev–Trinajstić information content (AvgIpc) is 3.40. The van der Waals surface area contributed by atoms with Crippen LogP contribution in [-0.2, 0) is 15.1 Å². The van der Waals surface area contributed by atoms with Gasteiger partial charge in [-0.2, -0.15) is 0 Å². The van der Waals surface area contributed by atoms with Crippen LogP contribution in [0.15, 0.2) is 60.9 Å². The zero-order chi connectivity index (χ0) is 22.1. The highest BCUT2D eigenvalue weighted by molar-refractivity contribution is 6.30. The number of carbonyl (C=O) groups is 2. The Bertz CT molecular complexity index is 1150. The van der Waals surface area contributed by atoms with Crippen LogP contribution in [0.1, 0.15) is 36.8 Å². The Labute approximate surface area is 192 Å². The number of hydrogen-bond donors (Lipinski definition) is 2. The third kappa shape index (κ3) is 3.53. The third-order valence-electron chi connectivity index (χ3n) is 6.63. The van der Waals surface area contributed by atoms with Crippen LogP contribution in [0, 0.1) is 5.92 Å². The largest absolute Gasteiger partial charge is 0.317 e. The smallest absolute Gasteiger partial charge is 0.230 e. The number of rotatable bonds is 5. The quantitative estimate of drug-likeness (QED) is 0.623. The van der Waals surface area contributed by atoms with Crippen LogP contribution in [0.2, 0.25) is 5.02 Å². The first kappa shape index (κ1) is 20.9. The standard InChI is InChI=1S/C25H25ClN4O2/c26-19-9-7-18(8-10-19)25(12-11-22(31)29-24(32)17-4-3-13-27-16-17)21-6-2-1-5-20(21)23-28-14-15-30(23)25/h1-2,5-10,14-15,17,27H,3-4,11-13,16H2,(H,29,31,32). The summed E-state index contributed by atoms with van der Waals surface area (Å²) >= 11 is 6.18. The summed E-state index contributed by atoms with van der Waals surface area (Å²) in [5.74, 6) is 0.295. The maximum atomic E-state index is 12.8. The van der Waals surface area contributed by atoms with Crippen molar-refractivity contribution in [1.29, 1.82) is 0 Å². The van der Waals surface area contributed by atoms with Gasteiger partial charge in [-0.3, -0.25) is 14.9 Å². The molecule has 3 heterocycles. The van der Waals surface area contributed by atoms with E-state index in [0.717, 1.165) is 41.9 Å². The molecule has 6 nitrogen and oxygen atoms in total.